The highest BCUT2D eigenvalue weighted by molar-refractivity contribution is 5.45. The number of methoxy groups -OCH3 is 2. The minimum Gasteiger partial charge on any atom is -0.454 e. The van der Waals surface area contributed by atoms with Gasteiger partial charge in [-0.3, -0.25) is 0 Å². The van der Waals surface area contributed by atoms with Crippen LogP contribution in [0.3, 0.4) is 0 Å². The van der Waals surface area contributed by atoms with Gasteiger partial charge in [-0.25, -0.2) is 0 Å². The first-order valence-corrected chi connectivity index (χ1v) is 5.93. The van der Waals surface area contributed by atoms with Crippen molar-refractivity contribution in [3.8, 4) is 11.5 Å². The largest absolute Gasteiger partial charge is 0.454 e. The van der Waals surface area contributed by atoms with Crippen molar-refractivity contribution in [2.24, 2.45) is 0 Å². The van der Waals surface area contributed by atoms with Gasteiger partial charge in [0.15, 0.2) is 17.8 Å². The van der Waals surface area contributed by atoms with E-state index in [9.17, 15) is 0 Å². The van der Waals surface area contributed by atoms with E-state index in [1.807, 2.05) is 18.2 Å². The first-order valence-electron chi connectivity index (χ1n) is 5.93. The molecule has 1 unspecified atom stereocenters. The first-order chi connectivity index (χ1) is 8.74. The summed E-state index contributed by atoms with van der Waals surface area (Å²) in [6.45, 7) is 3.01. The molecular weight excluding hydrogens is 234 g/mol. The van der Waals surface area contributed by atoms with Gasteiger partial charge in [-0.15, -0.1) is 0 Å². The number of fused-ring (bicyclic) bond motifs is 1. The van der Waals surface area contributed by atoms with E-state index in [4.69, 9.17) is 18.9 Å². The summed E-state index contributed by atoms with van der Waals surface area (Å²) in [7, 11) is 3.25. The summed E-state index contributed by atoms with van der Waals surface area (Å²) in [5.74, 6) is 1.61. The summed E-state index contributed by atoms with van der Waals surface area (Å²) in [4.78, 5) is 0. The van der Waals surface area contributed by atoms with Gasteiger partial charge in [0.25, 0.3) is 0 Å². The van der Waals surface area contributed by atoms with Crippen LogP contribution in [-0.2, 0) is 9.47 Å². The molecule has 5 nitrogen and oxygen atoms in total. The average Bonchev–Trinajstić information content (AvgIpc) is 2.86. The molecule has 1 atom stereocenters. The number of nitrogens with one attached hydrogen (secondary N) is 1. The SMILES string of the molecule is COC(CNC(C)c1ccc2c(c1)OCO2)OC. The number of hydrogen-bond donors (Lipinski definition) is 1. The minimum absolute atomic E-state index is 0.187. The summed E-state index contributed by atoms with van der Waals surface area (Å²) >= 11 is 0. The van der Waals surface area contributed by atoms with Gasteiger partial charge in [0, 0.05) is 26.8 Å². The van der Waals surface area contributed by atoms with Crippen molar-refractivity contribution in [2.45, 2.75) is 19.3 Å². The highest BCUT2D eigenvalue weighted by Crippen LogP contribution is 2.34. The molecule has 18 heavy (non-hydrogen) atoms. The molecule has 1 aliphatic rings. The molecule has 0 fully saturated rings. The smallest absolute Gasteiger partial charge is 0.231 e. The summed E-state index contributed by atoms with van der Waals surface area (Å²) in [5.41, 5.74) is 1.14. The molecule has 0 aliphatic carbocycles. The topological polar surface area (TPSA) is 49.0 Å². The highest BCUT2D eigenvalue weighted by Gasteiger charge is 2.16. The van der Waals surface area contributed by atoms with E-state index in [0.717, 1.165) is 17.1 Å². The van der Waals surface area contributed by atoms with Crippen molar-refractivity contribution in [1.82, 2.24) is 5.32 Å². The molecule has 1 N–H and O–H groups in total. The van der Waals surface area contributed by atoms with Crippen LogP contribution in [0, 0.1) is 0 Å². The summed E-state index contributed by atoms with van der Waals surface area (Å²) in [6.07, 6.45) is -0.235. The van der Waals surface area contributed by atoms with E-state index in [0.29, 0.717) is 13.3 Å². The lowest BCUT2D eigenvalue weighted by Gasteiger charge is -2.19. The van der Waals surface area contributed by atoms with Gasteiger partial charge in [0.1, 0.15) is 0 Å². The van der Waals surface area contributed by atoms with Gasteiger partial charge in [-0.2, -0.15) is 0 Å². The van der Waals surface area contributed by atoms with Gasteiger partial charge in [-0.1, -0.05) is 6.07 Å². The lowest BCUT2D eigenvalue weighted by molar-refractivity contribution is -0.0997. The fourth-order valence-electron chi connectivity index (χ4n) is 1.84. The standard InChI is InChI=1S/C13H19NO4/c1-9(14-7-13(15-2)16-3)10-4-5-11-12(6-10)18-8-17-11/h4-6,9,13-14H,7-8H2,1-3H3. The predicted octanol–water partition coefficient (Wildman–Crippen LogP) is 1.68. The molecule has 0 saturated heterocycles. The van der Waals surface area contributed by atoms with Crippen molar-refractivity contribution in [3.05, 3.63) is 23.8 Å². The van der Waals surface area contributed by atoms with Crippen LogP contribution in [0.1, 0.15) is 18.5 Å². The van der Waals surface area contributed by atoms with E-state index >= 15 is 0 Å². The third-order valence-electron chi connectivity index (χ3n) is 3.01. The molecule has 2 rings (SSSR count). The van der Waals surface area contributed by atoms with Crippen LogP contribution in [0.15, 0.2) is 18.2 Å². The Morgan fingerprint density at radius 2 is 1.94 bits per heavy atom. The molecule has 0 bridgehead atoms. The Balaban J connectivity index is 1.94. The Morgan fingerprint density at radius 1 is 1.22 bits per heavy atom. The Morgan fingerprint density at radius 3 is 2.67 bits per heavy atom. The molecular formula is C13H19NO4. The maximum atomic E-state index is 5.36. The van der Waals surface area contributed by atoms with Crippen LogP contribution in [0.2, 0.25) is 0 Å². The molecule has 1 aliphatic heterocycles. The van der Waals surface area contributed by atoms with Crippen LogP contribution in [-0.4, -0.2) is 33.8 Å². The van der Waals surface area contributed by atoms with Crippen molar-refractivity contribution < 1.29 is 18.9 Å². The van der Waals surface area contributed by atoms with Gasteiger partial charge >= 0.3 is 0 Å². The first kappa shape index (κ1) is 13.1. The second-order valence-corrected chi connectivity index (χ2v) is 4.14. The second-order valence-electron chi connectivity index (χ2n) is 4.14. The summed E-state index contributed by atoms with van der Waals surface area (Å²) in [5, 5.41) is 3.35. The van der Waals surface area contributed by atoms with Gasteiger partial charge in [0.05, 0.1) is 0 Å². The molecule has 0 radical (unpaired) electrons. The highest BCUT2D eigenvalue weighted by atomic mass is 16.7. The van der Waals surface area contributed by atoms with E-state index in [2.05, 4.69) is 12.2 Å². The Labute approximate surface area is 107 Å². The molecule has 0 saturated carbocycles. The Kier molecular flexibility index (Phi) is 4.41. The van der Waals surface area contributed by atoms with Crippen molar-refractivity contribution in [3.63, 3.8) is 0 Å². The fraction of sp³-hybridized carbons (Fsp3) is 0.538. The summed E-state index contributed by atoms with van der Waals surface area (Å²) in [6, 6.07) is 6.14. The molecule has 0 amide bonds. The Bertz CT molecular complexity index is 393. The average molecular weight is 253 g/mol. The van der Waals surface area contributed by atoms with Gasteiger partial charge in [0.2, 0.25) is 6.79 Å². The lowest BCUT2D eigenvalue weighted by Crippen LogP contribution is -2.31. The third kappa shape index (κ3) is 2.93. The molecule has 0 aromatic heterocycles. The van der Waals surface area contributed by atoms with E-state index in [1.54, 1.807) is 14.2 Å². The van der Waals surface area contributed by atoms with Crippen LogP contribution in [0.5, 0.6) is 11.5 Å². The molecule has 5 heteroatoms. The minimum atomic E-state index is -0.235. The third-order valence-corrected chi connectivity index (χ3v) is 3.01. The van der Waals surface area contributed by atoms with Crippen LogP contribution in [0.4, 0.5) is 0 Å². The van der Waals surface area contributed by atoms with E-state index in [-0.39, 0.29) is 12.3 Å². The number of ether oxygens (including phenoxy) is 4. The zero-order valence-electron chi connectivity index (χ0n) is 10.9. The molecule has 1 aromatic carbocycles. The monoisotopic (exact) mass is 253 g/mol. The van der Waals surface area contributed by atoms with Crippen LogP contribution < -0.4 is 14.8 Å². The molecule has 1 aromatic rings. The normalized spacial score (nSPS) is 15.1. The lowest BCUT2D eigenvalue weighted by atomic mass is 10.1. The molecule has 0 spiro atoms. The predicted molar refractivity (Wildman–Crippen MR) is 66.8 cm³/mol. The number of rotatable bonds is 6. The van der Waals surface area contributed by atoms with Crippen molar-refractivity contribution in [2.75, 3.05) is 27.6 Å². The quantitative estimate of drug-likeness (QED) is 0.782. The Hall–Kier alpha value is -1.30. The maximum absolute atomic E-state index is 5.36. The second kappa shape index (κ2) is 6.04. The van der Waals surface area contributed by atoms with Crippen LogP contribution in [0.25, 0.3) is 0 Å². The maximum Gasteiger partial charge on any atom is 0.231 e. The van der Waals surface area contributed by atoms with Gasteiger partial charge in [-0.05, 0) is 24.6 Å². The number of hydrogen-bond acceptors (Lipinski definition) is 5. The summed E-state index contributed by atoms with van der Waals surface area (Å²) < 4.78 is 20.9. The zero-order valence-corrected chi connectivity index (χ0v) is 10.9. The number of benzene rings is 1. The van der Waals surface area contributed by atoms with Gasteiger partial charge < -0.3 is 24.3 Å². The zero-order chi connectivity index (χ0) is 13.0. The fourth-order valence-corrected chi connectivity index (χ4v) is 1.84. The van der Waals surface area contributed by atoms with E-state index in [1.165, 1.54) is 0 Å². The van der Waals surface area contributed by atoms with Crippen molar-refractivity contribution >= 4 is 0 Å². The molecule has 1 heterocycles. The van der Waals surface area contributed by atoms with Crippen molar-refractivity contribution in [1.29, 1.82) is 0 Å². The van der Waals surface area contributed by atoms with E-state index < -0.39 is 0 Å². The molecule has 100 valence electrons. The van der Waals surface area contributed by atoms with Crippen LogP contribution >= 0.6 is 0 Å².